The first-order chi connectivity index (χ1) is 11.3. The first kappa shape index (κ1) is 13.5. The van der Waals surface area contributed by atoms with Crippen LogP contribution in [0.25, 0.3) is 27.7 Å². The van der Waals surface area contributed by atoms with Crippen LogP contribution >= 0.6 is 0 Å². The molecule has 2 heteroatoms. The molecule has 0 N–H and O–H groups in total. The number of aromatic nitrogens is 1. The lowest BCUT2D eigenvalue weighted by atomic mass is 10.1. The Bertz CT molecular complexity index is 1020. The van der Waals surface area contributed by atoms with Crippen LogP contribution < -0.4 is 5.56 Å². The molecule has 0 bridgehead atoms. The van der Waals surface area contributed by atoms with Crippen molar-refractivity contribution < 1.29 is 0 Å². The van der Waals surface area contributed by atoms with Gasteiger partial charge in [0.15, 0.2) is 0 Å². The Hall–Kier alpha value is -3.13. The Morgan fingerprint density at radius 2 is 1.26 bits per heavy atom. The number of nitrogens with zero attached hydrogens (tertiary/aromatic N) is 1. The van der Waals surface area contributed by atoms with Gasteiger partial charge in [-0.1, -0.05) is 66.7 Å². The van der Waals surface area contributed by atoms with E-state index in [2.05, 4.69) is 6.07 Å². The van der Waals surface area contributed by atoms with E-state index in [9.17, 15) is 4.79 Å². The second-order valence-electron chi connectivity index (χ2n) is 5.46. The molecule has 0 saturated heterocycles. The quantitative estimate of drug-likeness (QED) is 0.527. The molecule has 4 rings (SSSR count). The molecule has 0 amide bonds. The van der Waals surface area contributed by atoms with E-state index in [0.717, 1.165) is 27.7 Å². The zero-order valence-corrected chi connectivity index (χ0v) is 12.5. The number of hydrogen-bond donors (Lipinski definition) is 0. The van der Waals surface area contributed by atoms with Crippen LogP contribution in [0.4, 0.5) is 0 Å². The lowest BCUT2D eigenvalue weighted by Crippen LogP contribution is -2.20. The van der Waals surface area contributed by atoms with E-state index in [1.165, 1.54) is 0 Å². The molecule has 0 aliphatic carbocycles. The molecule has 0 atom stereocenters. The highest BCUT2D eigenvalue weighted by Crippen LogP contribution is 2.24. The Balaban J connectivity index is 2.14. The van der Waals surface area contributed by atoms with Crippen LogP contribution in [0.2, 0.25) is 0 Å². The molecule has 0 aliphatic rings. The van der Waals surface area contributed by atoms with E-state index in [0.29, 0.717) is 0 Å². The van der Waals surface area contributed by atoms with Gasteiger partial charge in [0.2, 0.25) is 0 Å². The minimum absolute atomic E-state index is 0.00755. The van der Waals surface area contributed by atoms with E-state index < -0.39 is 0 Å². The average Bonchev–Trinajstić information content (AvgIpc) is 2.63. The highest BCUT2D eigenvalue weighted by Gasteiger charge is 2.12. The lowest BCUT2D eigenvalue weighted by Gasteiger charge is -2.15. The van der Waals surface area contributed by atoms with Crippen molar-refractivity contribution >= 4 is 10.8 Å². The van der Waals surface area contributed by atoms with Crippen LogP contribution in [0.5, 0.6) is 0 Å². The van der Waals surface area contributed by atoms with Crippen molar-refractivity contribution in [2.75, 3.05) is 0 Å². The summed E-state index contributed by atoms with van der Waals surface area (Å²) in [6.45, 7) is 0. The SMILES string of the molecule is O=c1c2ccccc2cc(-c2ccccc2)n1-c1ccccc1. The van der Waals surface area contributed by atoms with Gasteiger partial charge in [0.05, 0.1) is 5.69 Å². The number of fused-ring (bicyclic) bond motifs is 1. The molecule has 1 aromatic heterocycles. The molecule has 0 unspecified atom stereocenters. The lowest BCUT2D eigenvalue weighted by molar-refractivity contribution is 1.02. The predicted octanol–water partition coefficient (Wildman–Crippen LogP) is 4.66. The number of pyridine rings is 1. The summed E-state index contributed by atoms with van der Waals surface area (Å²) >= 11 is 0. The highest BCUT2D eigenvalue weighted by molar-refractivity contribution is 5.86. The van der Waals surface area contributed by atoms with Crippen molar-refractivity contribution in [3.05, 3.63) is 101 Å². The third-order valence-electron chi connectivity index (χ3n) is 4.01. The average molecular weight is 297 g/mol. The predicted molar refractivity (Wildman–Crippen MR) is 95.0 cm³/mol. The molecular weight excluding hydrogens is 282 g/mol. The first-order valence-corrected chi connectivity index (χ1v) is 7.60. The number of para-hydroxylation sites is 1. The third kappa shape index (κ3) is 2.34. The summed E-state index contributed by atoms with van der Waals surface area (Å²) in [6.07, 6.45) is 0. The normalized spacial score (nSPS) is 10.8. The maximum absolute atomic E-state index is 13.1. The van der Waals surface area contributed by atoms with E-state index >= 15 is 0 Å². The summed E-state index contributed by atoms with van der Waals surface area (Å²) < 4.78 is 1.79. The van der Waals surface area contributed by atoms with Crippen LogP contribution in [0.1, 0.15) is 0 Å². The molecule has 2 nitrogen and oxygen atoms in total. The van der Waals surface area contributed by atoms with Gasteiger partial charge in [-0.15, -0.1) is 0 Å². The summed E-state index contributed by atoms with van der Waals surface area (Å²) in [5.74, 6) is 0. The van der Waals surface area contributed by atoms with Gasteiger partial charge in [0.25, 0.3) is 5.56 Å². The van der Waals surface area contributed by atoms with Crippen molar-refractivity contribution in [3.8, 4) is 16.9 Å². The van der Waals surface area contributed by atoms with E-state index in [1.54, 1.807) is 4.57 Å². The van der Waals surface area contributed by atoms with Crippen LogP contribution in [-0.4, -0.2) is 4.57 Å². The van der Waals surface area contributed by atoms with Crippen molar-refractivity contribution in [2.24, 2.45) is 0 Å². The van der Waals surface area contributed by atoms with Crippen molar-refractivity contribution in [1.82, 2.24) is 4.57 Å². The minimum Gasteiger partial charge on any atom is -0.276 e. The van der Waals surface area contributed by atoms with Crippen LogP contribution in [0.15, 0.2) is 95.8 Å². The number of benzene rings is 3. The monoisotopic (exact) mass is 297 g/mol. The van der Waals surface area contributed by atoms with Crippen molar-refractivity contribution in [2.45, 2.75) is 0 Å². The Labute approximate surface area is 134 Å². The second kappa shape index (κ2) is 5.58. The number of hydrogen-bond acceptors (Lipinski definition) is 1. The van der Waals surface area contributed by atoms with Crippen LogP contribution in [-0.2, 0) is 0 Å². The molecule has 0 spiro atoms. The Kier molecular flexibility index (Phi) is 3.28. The van der Waals surface area contributed by atoms with Gasteiger partial charge in [0.1, 0.15) is 0 Å². The Morgan fingerprint density at radius 1 is 0.652 bits per heavy atom. The summed E-state index contributed by atoms with van der Waals surface area (Å²) in [6, 6.07) is 29.6. The second-order valence-corrected chi connectivity index (χ2v) is 5.46. The van der Waals surface area contributed by atoms with Crippen LogP contribution in [0.3, 0.4) is 0 Å². The topological polar surface area (TPSA) is 22.0 Å². The van der Waals surface area contributed by atoms with Gasteiger partial charge in [-0.3, -0.25) is 9.36 Å². The maximum Gasteiger partial charge on any atom is 0.263 e. The van der Waals surface area contributed by atoms with Gasteiger partial charge in [-0.25, -0.2) is 0 Å². The van der Waals surface area contributed by atoms with E-state index in [-0.39, 0.29) is 5.56 Å². The highest BCUT2D eigenvalue weighted by atomic mass is 16.1. The smallest absolute Gasteiger partial charge is 0.263 e. The fourth-order valence-electron chi connectivity index (χ4n) is 2.91. The molecule has 1 heterocycles. The standard InChI is InChI=1S/C21H15NO/c23-21-19-14-8-7-11-17(19)15-20(16-9-3-1-4-10-16)22(21)18-12-5-2-6-13-18/h1-15H. The maximum atomic E-state index is 13.1. The molecule has 23 heavy (non-hydrogen) atoms. The number of rotatable bonds is 2. The third-order valence-corrected chi connectivity index (χ3v) is 4.01. The van der Waals surface area contributed by atoms with Crippen LogP contribution in [0, 0.1) is 0 Å². The molecule has 0 radical (unpaired) electrons. The first-order valence-electron chi connectivity index (χ1n) is 7.60. The zero-order valence-electron chi connectivity index (χ0n) is 12.5. The zero-order chi connectivity index (χ0) is 15.6. The van der Waals surface area contributed by atoms with Crippen molar-refractivity contribution in [1.29, 1.82) is 0 Å². The molecule has 0 saturated carbocycles. The van der Waals surface area contributed by atoms with E-state index in [4.69, 9.17) is 0 Å². The summed E-state index contributed by atoms with van der Waals surface area (Å²) in [5.41, 5.74) is 2.81. The summed E-state index contributed by atoms with van der Waals surface area (Å²) in [7, 11) is 0. The summed E-state index contributed by atoms with van der Waals surface area (Å²) in [4.78, 5) is 13.1. The molecule has 110 valence electrons. The molecule has 0 aliphatic heterocycles. The van der Waals surface area contributed by atoms with Gasteiger partial charge >= 0.3 is 0 Å². The molecule has 4 aromatic rings. The van der Waals surface area contributed by atoms with Gasteiger partial charge < -0.3 is 0 Å². The molecular formula is C21H15NO. The minimum atomic E-state index is 0.00755. The van der Waals surface area contributed by atoms with Gasteiger partial charge in [-0.05, 0) is 35.2 Å². The Morgan fingerprint density at radius 3 is 2.00 bits per heavy atom. The van der Waals surface area contributed by atoms with Gasteiger partial charge in [0, 0.05) is 11.1 Å². The van der Waals surface area contributed by atoms with E-state index in [1.807, 2.05) is 84.9 Å². The molecule has 3 aromatic carbocycles. The fraction of sp³-hybridized carbons (Fsp3) is 0. The largest absolute Gasteiger partial charge is 0.276 e. The summed E-state index contributed by atoms with van der Waals surface area (Å²) in [5, 5.41) is 1.69. The molecule has 0 fully saturated rings. The van der Waals surface area contributed by atoms with Crippen molar-refractivity contribution in [3.63, 3.8) is 0 Å². The van der Waals surface area contributed by atoms with Gasteiger partial charge in [-0.2, -0.15) is 0 Å². The fourth-order valence-corrected chi connectivity index (χ4v) is 2.91.